The Morgan fingerprint density at radius 1 is 1.50 bits per heavy atom. The lowest BCUT2D eigenvalue weighted by Crippen LogP contribution is -2.15. The first-order chi connectivity index (χ1) is 6.56. The summed E-state index contributed by atoms with van der Waals surface area (Å²) in [6.07, 6.45) is 0.611. The molecule has 1 rings (SSSR count). The number of halogens is 2. The van der Waals surface area contributed by atoms with Gasteiger partial charge >= 0.3 is 0 Å². The van der Waals surface area contributed by atoms with Crippen molar-refractivity contribution in [3.63, 3.8) is 0 Å². The summed E-state index contributed by atoms with van der Waals surface area (Å²) in [5.74, 6) is 0.0378. The molecule has 0 spiro atoms. The smallest absolute Gasteiger partial charge is 0.139 e. The predicted octanol–water partition coefficient (Wildman–Crippen LogP) is 2.16. The van der Waals surface area contributed by atoms with Crippen molar-refractivity contribution in [3.05, 3.63) is 27.2 Å². The number of phenolic OH excluding ortho intramolecular Hbond substituents is 1. The topological polar surface area (TPSA) is 72.3 Å². The van der Waals surface area contributed by atoms with Crippen LogP contribution in [-0.4, -0.2) is 11.7 Å². The Morgan fingerprint density at radius 2 is 2.14 bits per heavy atom. The molecule has 14 heavy (non-hydrogen) atoms. The second kappa shape index (κ2) is 4.98. The molecule has 78 valence electrons. The van der Waals surface area contributed by atoms with Crippen molar-refractivity contribution in [1.29, 1.82) is 0 Å². The SMILES string of the molecule is NCC[C@H](N)c1cc(Br)cc(Cl)c1O. The van der Waals surface area contributed by atoms with Crippen LogP contribution in [0.3, 0.4) is 0 Å². The Bertz CT molecular complexity index is 333. The molecule has 0 amide bonds. The van der Waals surface area contributed by atoms with E-state index >= 15 is 0 Å². The minimum Gasteiger partial charge on any atom is -0.506 e. The molecule has 0 radical (unpaired) electrons. The summed E-state index contributed by atoms with van der Waals surface area (Å²) in [4.78, 5) is 0. The number of hydrogen-bond acceptors (Lipinski definition) is 3. The molecule has 5 N–H and O–H groups in total. The van der Waals surface area contributed by atoms with E-state index in [0.29, 0.717) is 23.6 Å². The molecule has 5 heteroatoms. The van der Waals surface area contributed by atoms with Gasteiger partial charge in [0, 0.05) is 16.1 Å². The van der Waals surface area contributed by atoms with E-state index in [4.69, 9.17) is 23.1 Å². The van der Waals surface area contributed by atoms with E-state index in [1.165, 1.54) is 0 Å². The van der Waals surface area contributed by atoms with Gasteiger partial charge in [-0.15, -0.1) is 0 Å². The standard InChI is InChI=1S/C9H12BrClN2O/c10-5-3-6(8(13)1-2-12)9(14)7(11)4-5/h3-4,8,14H,1-2,12-13H2/t8-/m0/s1. The Hall–Kier alpha value is -0.290. The molecule has 0 saturated carbocycles. The predicted molar refractivity (Wildman–Crippen MR) is 61.4 cm³/mol. The highest BCUT2D eigenvalue weighted by atomic mass is 79.9. The van der Waals surface area contributed by atoms with Crippen LogP contribution < -0.4 is 11.5 Å². The first kappa shape index (κ1) is 11.8. The molecule has 0 fully saturated rings. The van der Waals surface area contributed by atoms with Gasteiger partial charge in [0.15, 0.2) is 0 Å². The normalized spacial score (nSPS) is 12.9. The third-order valence-corrected chi connectivity index (χ3v) is 2.68. The van der Waals surface area contributed by atoms with Crippen LogP contribution in [0.15, 0.2) is 16.6 Å². The van der Waals surface area contributed by atoms with Gasteiger partial charge in [0.2, 0.25) is 0 Å². The van der Waals surface area contributed by atoms with E-state index in [1.54, 1.807) is 12.1 Å². The lowest BCUT2D eigenvalue weighted by Gasteiger charge is -2.13. The van der Waals surface area contributed by atoms with E-state index in [1.807, 2.05) is 0 Å². The number of phenols is 1. The van der Waals surface area contributed by atoms with Gasteiger partial charge in [-0.2, -0.15) is 0 Å². The third kappa shape index (κ3) is 2.60. The number of hydrogen-bond donors (Lipinski definition) is 3. The van der Waals surface area contributed by atoms with Gasteiger partial charge in [0.05, 0.1) is 5.02 Å². The fourth-order valence-electron chi connectivity index (χ4n) is 1.20. The summed E-state index contributed by atoms with van der Waals surface area (Å²) in [6, 6.07) is 3.09. The van der Waals surface area contributed by atoms with Crippen molar-refractivity contribution >= 4 is 27.5 Å². The van der Waals surface area contributed by atoms with Gasteiger partial charge in [0.25, 0.3) is 0 Å². The average molecular weight is 280 g/mol. The van der Waals surface area contributed by atoms with Crippen LogP contribution in [0.2, 0.25) is 5.02 Å². The molecular weight excluding hydrogens is 267 g/mol. The molecule has 0 heterocycles. The maximum atomic E-state index is 9.65. The Balaban J connectivity index is 3.07. The Kier molecular flexibility index (Phi) is 4.19. The van der Waals surface area contributed by atoms with Crippen LogP contribution in [-0.2, 0) is 0 Å². The number of rotatable bonds is 3. The van der Waals surface area contributed by atoms with Crippen molar-refractivity contribution in [1.82, 2.24) is 0 Å². The number of nitrogens with two attached hydrogens (primary N) is 2. The number of aromatic hydroxyl groups is 1. The second-order valence-electron chi connectivity index (χ2n) is 3.01. The molecule has 0 saturated heterocycles. The zero-order valence-electron chi connectivity index (χ0n) is 7.50. The van der Waals surface area contributed by atoms with Crippen LogP contribution in [0, 0.1) is 0 Å². The van der Waals surface area contributed by atoms with E-state index in [0.717, 1.165) is 4.47 Å². The first-order valence-electron chi connectivity index (χ1n) is 4.19. The van der Waals surface area contributed by atoms with Gasteiger partial charge in [-0.25, -0.2) is 0 Å². The molecular formula is C9H12BrClN2O. The summed E-state index contributed by atoms with van der Waals surface area (Å²) in [5, 5.41) is 9.94. The van der Waals surface area contributed by atoms with Crippen LogP contribution in [0.1, 0.15) is 18.0 Å². The third-order valence-electron chi connectivity index (χ3n) is 1.93. The fourth-order valence-corrected chi connectivity index (χ4v) is 2.04. The van der Waals surface area contributed by atoms with Crippen LogP contribution >= 0.6 is 27.5 Å². The van der Waals surface area contributed by atoms with Gasteiger partial charge in [-0.3, -0.25) is 0 Å². The zero-order chi connectivity index (χ0) is 10.7. The molecule has 0 unspecified atom stereocenters. The quantitative estimate of drug-likeness (QED) is 0.794. The summed E-state index contributed by atoms with van der Waals surface area (Å²) >= 11 is 9.08. The highest BCUT2D eigenvalue weighted by molar-refractivity contribution is 9.10. The summed E-state index contributed by atoms with van der Waals surface area (Å²) in [6.45, 7) is 0.477. The van der Waals surface area contributed by atoms with Crippen LogP contribution in [0.25, 0.3) is 0 Å². The van der Waals surface area contributed by atoms with Crippen LogP contribution in [0.5, 0.6) is 5.75 Å². The minimum atomic E-state index is -0.282. The molecule has 3 nitrogen and oxygen atoms in total. The van der Waals surface area contributed by atoms with Gasteiger partial charge in [-0.1, -0.05) is 27.5 Å². The van der Waals surface area contributed by atoms with Gasteiger partial charge in [0.1, 0.15) is 5.75 Å². The van der Waals surface area contributed by atoms with Gasteiger partial charge < -0.3 is 16.6 Å². The average Bonchev–Trinajstić information content (AvgIpc) is 2.11. The lowest BCUT2D eigenvalue weighted by molar-refractivity contribution is 0.459. The van der Waals surface area contributed by atoms with Gasteiger partial charge in [-0.05, 0) is 25.1 Å². The molecule has 0 bridgehead atoms. The van der Waals surface area contributed by atoms with Crippen molar-refractivity contribution in [2.24, 2.45) is 11.5 Å². The maximum Gasteiger partial charge on any atom is 0.139 e. The fraction of sp³-hybridized carbons (Fsp3) is 0.333. The first-order valence-corrected chi connectivity index (χ1v) is 5.37. The molecule has 0 aliphatic heterocycles. The Morgan fingerprint density at radius 3 is 2.71 bits per heavy atom. The highest BCUT2D eigenvalue weighted by Gasteiger charge is 2.13. The lowest BCUT2D eigenvalue weighted by atomic mass is 10.0. The summed E-state index contributed by atoms with van der Waals surface area (Å²) in [5.41, 5.74) is 11.8. The largest absolute Gasteiger partial charge is 0.506 e. The minimum absolute atomic E-state index is 0.0378. The van der Waals surface area contributed by atoms with E-state index in [-0.39, 0.29) is 11.8 Å². The van der Waals surface area contributed by atoms with Crippen molar-refractivity contribution in [2.45, 2.75) is 12.5 Å². The monoisotopic (exact) mass is 278 g/mol. The summed E-state index contributed by atoms with van der Waals surface area (Å²) < 4.78 is 0.794. The molecule has 1 aromatic rings. The molecule has 0 aromatic heterocycles. The van der Waals surface area contributed by atoms with E-state index < -0.39 is 0 Å². The van der Waals surface area contributed by atoms with E-state index in [2.05, 4.69) is 15.9 Å². The van der Waals surface area contributed by atoms with E-state index in [9.17, 15) is 5.11 Å². The molecule has 0 aliphatic rings. The molecule has 1 aromatic carbocycles. The molecule has 0 aliphatic carbocycles. The molecule has 1 atom stereocenters. The number of benzene rings is 1. The van der Waals surface area contributed by atoms with Crippen molar-refractivity contribution in [2.75, 3.05) is 6.54 Å². The Labute approximate surface area is 96.2 Å². The summed E-state index contributed by atoms with van der Waals surface area (Å²) in [7, 11) is 0. The second-order valence-corrected chi connectivity index (χ2v) is 4.33. The highest BCUT2D eigenvalue weighted by Crippen LogP contribution is 2.34. The van der Waals surface area contributed by atoms with Crippen LogP contribution in [0.4, 0.5) is 0 Å². The van der Waals surface area contributed by atoms with Crippen molar-refractivity contribution < 1.29 is 5.11 Å². The zero-order valence-corrected chi connectivity index (χ0v) is 9.85. The maximum absolute atomic E-state index is 9.65. The van der Waals surface area contributed by atoms with Crippen molar-refractivity contribution in [3.8, 4) is 5.75 Å².